The van der Waals surface area contributed by atoms with Crippen LogP contribution >= 0.6 is 11.8 Å². The maximum atomic E-state index is 11.8. The van der Waals surface area contributed by atoms with Crippen LogP contribution in [0.1, 0.15) is 41.5 Å². The molecule has 1 fully saturated rings. The first-order valence-corrected chi connectivity index (χ1v) is 13.6. The minimum atomic E-state index is -2.10. The van der Waals surface area contributed by atoms with E-state index in [1.54, 1.807) is 0 Å². The van der Waals surface area contributed by atoms with E-state index in [0.717, 1.165) is 0 Å². The van der Waals surface area contributed by atoms with Crippen LogP contribution in [0.3, 0.4) is 0 Å². The Balaban J connectivity index is 3.26. The molecule has 5 atom stereocenters. The van der Waals surface area contributed by atoms with Crippen molar-refractivity contribution in [3.8, 4) is 0 Å². The third-order valence-corrected chi connectivity index (χ3v) is 10.7. The smallest absolute Gasteiger partial charge is 0.303 e. The molecule has 0 aliphatic carbocycles. The molecule has 1 saturated heterocycles. The van der Waals surface area contributed by atoms with Gasteiger partial charge in [0.15, 0.2) is 20.5 Å². The van der Waals surface area contributed by atoms with Gasteiger partial charge in [0, 0.05) is 18.8 Å². The highest BCUT2D eigenvalue weighted by Crippen LogP contribution is 2.38. The van der Waals surface area contributed by atoms with E-state index in [9.17, 15) is 9.59 Å². The van der Waals surface area contributed by atoms with Crippen molar-refractivity contribution in [3.05, 3.63) is 10.4 Å². The van der Waals surface area contributed by atoms with E-state index in [4.69, 9.17) is 24.2 Å². The van der Waals surface area contributed by atoms with Gasteiger partial charge in [0.1, 0.15) is 17.6 Å². The number of ether oxygens (including phenoxy) is 3. The van der Waals surface area contributed by atoms with Crippen molar-refractivity contribution in [1.82, 2.24) is 0 Å². The Morgan fingerprint density at radius 2 is 1.72 bits per heavy atom. The first kappa shape index (κ1) is 25.8. The molecule has 0 aromatic rings. The van der Waals surface area contributed by atoms with E-state index in [0.29, 0.717) is 5.75 Å². The summed E-state index contributed by atoms with van der Waals surface area (Å²) in [5.41, 5.74) is 8.46. The maximum absolute atomic E-state index is 11.8. The highest BCUT2D eigenvalue weighted by Gasteiger charge is 2.50. The van der Waals surface area contributed by atoms with Crippen LogP contribution in [0.2, 0.25) is 18.1 Å². The number of rotatable bonds is 8. The average Bonchev–Trinajstić information content (AvgIpc) is 2.57. The molecule has 0 aromatic carbocycles. The lowest BCUT2D eigenvalue weighted by molar-refractivity contribution is -0.205. The van der Waals surface area contributed by atoms with Crippen LogP contribution in [0.5, 0.6) is 0 Å². The Morgan fingerprint density at radius 1 is 1.17 bits per heavy atom. The van der Waals surface area contributed by atoms with Gasteiger partial charge < -0.3 is 18.6 Å². The molecular weight excluding hydrogens is 414 g/mol. The standard InChI is InChI=1S/C18H33N3O6SSi/c1-9-28-17-14(20-21-19)16(26-12(3)23)15(25-11(2)22)13(27-17)10-24-29(7,8)18(4,5)6/h13-17H,9-10H2,1-8H3/t13?,14?,15-,16-,17-/m1/s1. The molecule has 0 N–H and O–H groups in total. The molecule has 1 aliphatic heterocycles. The molecule has 0 bridgehead atoms. The zero-order valence-electron chi connectivity index (χ0n) is 18.5. The summed E-state index contributed by atoms with van der Waals surface area (Å²) in [6.45, 7) is 15.3. The molecule has 1 heterocycles. The highest BCUT2D eigenvalue weighted by molar-refractivity contribution is 7.99. The number of carbonyl (C=O) groups excluding carboxylic acids is 2. The number of azide groups is 1. The van der Waals surface area contributed by atoms with Crippen molar-refractivity contribution in [1.29, 1.82) is 0 Å². The Morgan fingerprint density at radius 3 is 2.17 bits per heavy atom. The van der Waals surface area contributed by atoms with E-state index in [1.165, 1.54) is 25.6 Å². The summed E-state index contributed by atoms with van der Waals surface area (Å²) in [4.78, 5) is 26.4. The topological polar surface area (TPSA) is 120 Å². The second kappa shape index (κ2) is 10.7. The largest absolute Gasteiger partial charge is 0.458 e. The van der Waals surface area contributed by atoms with Crippen LogP contribution in [-0.2, 0) is 28.2 Å². The van der Waals surface area contributed by atoms with Gasteiger partial charge in [0.2, 0.25) is 0 Å². The fraction of sp³-hybridized carbons (Fsp3) is 0.889. The zero-order chi connectivity index (χ0) is 22.4. The Labute approximate surface area is 177 Å². The van der Waals surface area contributed by atoms with Crippen LogP contribution in [-0.4, -0.2) is 62.4 Å². The second-order valence-electron chi connectivity index (χ2n) is 8.41. The molecule has 0 spiro atoms. The van der Waals surface area contributed by atoms with Crippen LogP contribution in [0.15, 0.2) is 5.11 Å². The molecule has 0 aromatic heterocycles. The van der Waals surface area contributed by atoms with Crippen molar-refractivity contribution >= 4 is 32.0 Å². The molecule has 0 radical (unpaired) electrons. The maximum Gasteiger partial charge on any atom is 0.303 e. The molecule has 0 saturated carbocycles. The van der Waals surface area contributed by atoms with Gasteiger partial charge in [-0.2, -0.15) is 0 Å². The van der Waals surface area contributed by atoms with Gasteiger partial charge >= 0.3 is 11.9 Å². The molecule has 0 amide bonds. The minimum Gasteiger partial charge on any atom is -0.458 e. The summed E-state index contributed by atoms with van der Waals surface area (Å²) in [5.74, 6) is -0.408. The molecule has 11 heteroatoms. The monoisotopic (exact) mass is 447 g/mol. The fourth-order valence-corrected chi connectivity index (χ4v) is 4.65. The third-order valence-electron chi connectivity index (χ3n) is 5.15. The zero-order valence-corrected chi connectivity index (χ0v) is 20.3. The molecule has 29 heavy (non-hydrogen) atoms. The van der Waals surface area contributed by atoms with E-state index in [2.05, 4.69) is 43.9 Å². The molecule has 9 nitrogen and oxygen atoms in total. The quantitative estimate of drug-likeness (QED) is 0.181. The van der Waals surface area contributed by atoms with Crippen molar-refractivity contribution in [2.75, 3.05) is 12.4 Å². The second-order valence-corrected chi connectivity index (χ2v) is 14.6. The van der Waals surface area contributed by atoms with Gasteiger partial charge in [-0.15, -0.1) is 11.8 Å². The van der Waals surface area contributed by atoms with Gasteiger partial charge in [0.25, 0.3) is 0 Å². The van der Waals surface area contributed by atoms with E-state index in [1.807, 2.05) is 6.92 Å². The fourth-order valence-electron chi connectivity index (χ4n) is 2.68. The number of hydrogen-bond acceptors (Lipinski definition) is 8. The van der Waals surface area contributed by atoms with Crippen molar-refractivity contribution < 1.29 is 28.2 Å². The highest BCUT2D eigenvalue weighted by atomic mass is 32.2. The third kappa shape index (κ3) is 7.18. The summed E-state index contributed by atoms with van der Waals surface area (Å²) in [6.07, 6.45) is -2.56. The predicted molar refractivity (Wildman–Crippen MR) is 114 cm³/mol. The lowest BCUT2D eigenvalue weighted by Crippen LogP contribution is -2.60. The number of carbonyl (C=O) groups is 2. The number of nitrogens with zero attached hydrogens (tertiary/aromatic N) is 3. The summed E-state index contributed by atoms with van der Waals surface area (Å²) in [6, 6.07) is -0.831. The molecule has 1 aliphatic rings. The van der Waals surface area contributed by atoms with Gasteiger partial charge in [-0.3, -0.25) is 9.59 Å². The van der Waals surface area contributed by atoms with Crippen molar-refractivity contribution in [2.45, 2.75) is 89.5 Å². The SMILES string of the molecule is CCS[C@H]1OC(CO[Si](C)(C)C(C)(C)C)[C@@H](OC(C)=O)[C@H](OC(C)=O)C1N=[N+]=[N-]. The van der Waals surface area contributed by atoms with Crippen molar-refractivity contribution in [2.24, 2.45) is 5.11 Å². The minimum absolute atomic E-state index is 0.0148. The summed E-state index contributed by atoms with van der Waals surface area (Å²) in [7, 11) is -2.10. The van der Waals surface area contributed by atoms with Crippen LogP contribution in [0, 0.1) is 0 Å². The molecular formula is C18H33N3O6SSi. The molecule has 166 valence electrons. The number of thioether (sulfide) groups is 1. The van der Waals surface area contributed by atoms with E-state index < -0.39 is 50.0 Å². The van der Waals surface area contributed by atoms with Gasteiger partial charge in [-0.05, 0) is 29.4 Å². The first-order valence-electron chi connectivity index (χ1n) is 9.63. The Bertz CT molecular complexity index is 636. The lowest BCUT2D eigenvalue weighted by atomic mass is 9.98. The normalized spacial score (nSPS) is 27.7. The van der Waals surface area contributed by atoms with Gasteiger partial charge in [-0.1, -0.05) is 32.8 Å². The Hall–Kier alpha value is -1.26. The van der Waals surface area contributed by atoms with Gasteiger partial charge in [0.05, 0.1) is 6.61 Å². The van der Waals surface area contributed by atoms with Crippen LogP contribution in [0.4, 0.5) is 0 Å². The molecule has 2 unspecified atom stereocenters. The predicted octanol–water partition coefficient (Wildman–Crippen LogP) is 4.03. The summed E-state index contributed by atoms with van der Waals surface area (Å²) < 4.78 is 23.4. The van der Waals surface area contributed by atoms with Crippen LogP contribution < -0.4 is 0 Å². The molecule has 1 rings (SSSR count). The lowest BCUT2D eigenvalue weighted by Gasteiger charge is -2.45. The average molecular weight is 448 g/mol. The summed E-state index contributed by atoms with van der Waals surface area (Å²) >= 11 is 1.43. The van der Waals surface area contributed by atoms with E-state index >= 15 is 0 Å². The summed E-state index contributed by atoms with van der Waals surface area (Å²) in [5, 5.41) is 3.78. The number of esters is 2. The van der Waals surface area contributed by atoms with Crippen molar-refractivity contribution in [3.63, 3.8) is 0 Å². The van der Waals surface area contributed by atoms with Crippen LogP contribution in [0.25, 0.3) is 10.4 Å². The number of hydrogen-bond donors (Lipinski definition) is 0. The Kier molecular flexibility index (Phi) is 9.48. The first-order chi connectivity index (χ1) is 13.3. The van der Waals surface area contributed by atoms with E-state index in [-0.39, 0.29) is 11.6 Å². The van der Waals surface area contributed by atoms with Gasteiger partial charge in [-0.25, -0.2) is 0 Å².